The second-order valence-corrected chi connectivity index (χ2v) is 7.84. The average molecular weight is 366 g/mol. The molecule has 2 aliphatic rings. The van der Waals surface area contributed by atoms with Gasteiger partial charge in [-0.15, -0.1) is 0 Å². The monoisotopic (exact) mass is 366 g/mol. The first kappa shape index (κ1) is 14.6. The zero-order chi connectivity index (χ0) is 13.5. The van der Waals surface area contributed by atoms with Crippen molar-refractivity contribution in [3.63, 3.8) is 0 Å². The number of hydrogen-bond acceptors (Lipinski definition) is 3. The second-order valence-electron chi connectivity index (χ2n) is 6.34. The minimum atomic E-state index is -0.594. The number of carbonyl (C=O) groups is 1. The lowest BCUT2D eigenvalue weighted by atomic mass is 9.77. The maximum absolute atomic E-state index is 11.8. The van der Waals surface area contributed by atoms with Crippen molar-refractivity contribution >= 4 is 28.6 Å². The van der Waals surface area contributed by atoms with Gasteiger partial charge in [-0.2, -0.15) is 0 Å². The summed E-state index contributed by atoms with van der Waals surface area (Å²) in [6.45, 7) is 5.80. The topological polar surface area (TPSA) is 46.5 Å². The first-order chi connectivity index (χ1) is 8.32. The maximum atomic E-state index is 11.8. The first-order valence-corrected chi connectivity index (χ1v) is 8.14. The molecule has 2 aliphatic carbocycles. The number of alkyl halides is 1. The Labute approximate surface area is 123 Å². The molecule has 2 rings (SSSR count). The van der Waals surface area contributed by atoms with Crippen molar-refractivity contribution in [1.29, 1.82) is 0 Å². The van der Waals surface area contributed by atoms with Crippen molar-refractivity contribution in [3.05, 3.63) is 0 Å². The summed E-state index contributed by atoms with van der Waals surface area (Å²) in [6, 6.07) is 0. The van der Waals surface area contributed by atoms with Crippen LogP contribution in [0.2, 0.25) is 0 Å². The Kier molecular flexibility index (Phi) is 4.26. The molecule has 18 heavy (non-hydrogen) atoms. The second kappa shape index (κ2) is 5.27. The summed E-state index contributed by atoms with van der Waals surface area (Å²) in [5, 5.41) is 10.1. The molecule has 2 bridgehead atoms. The zero-order valence-electron chi connectivity index (χ0n) is 11.4. The Morgan fingerprint density at radius 1 is 1.39 bits per heavy atom. The number of ether oxygens (including phenoxy) is 1. The van der Waals surface area contributed by atoms with Crippen molar-refractivity contribution in [2.75, 3.05) is 0 Å². The summed E-state index contributed by atoms with van der Waals surface area (Å²) in [4.78, 5) is 11.8. The van der Waals surface area contributed by atoms with Crippen LogP contribution in [0.3, 0.4) is 0 Å². The summed E-state index contributed by atoms with van der Waals surface area (Å²) >= 11 is 2.15. The van der Waals surface area contributed by atoms with Gasteiger partial charge in [0.25, 0.3) is 0 Å². The quantitative estimate of drug-likeness (QED) is 0.473. The van der Waals surface area contributed by atoms with E-state index in [2.05, 4.69) is 22.6 Å². The highest BCUT2D eigenvalue weighted by Crippen LogP contribution is 2.53. The normalized spacial score (nSPS) is 36.7. The fourth-order valence-corrected chi connectivity index (χ4v) is 3.77. The molecule has 0 heterocycles. The molecule has 3 nitrogen and oxygen atoms in total. The number of hydrogen-bond donors (Lipinski definition) is 1. The highest BCUT2D eigenvalue weighted by molar-refractivity contribution is 14.1. The van der Waals surface area contributed by atoms with E-state index in [1.165, 1.54) is 0 Å². The fourth-order valence-electron chi connectivity index (χ4n) is 3.62. The van der Waals surface area contributed by atoms with E-state index < -0.39 is 5.60 Å². The first-order valence-electron chi connectivity index (χ1n) is 6.89. The third kappa shape index (κ3) is 2.84. The highest BCUT2D eigenvalue weighted by Gasteiger charge is 2.51. The van der Waals surface area contributed by atoms with Crippen LogP contribution < -0.4 is 0 Å². The molecule has 1 N–H and O–H groups in total. The minimum absolute atomic E-state index is 0.0215. The number of aliphatic hydroxyl groups is 1. The van der Waals surface area contributed by atoms with E-state index in [4.69, 9.17) is 4.74 Å². The fraction of sp³-hybridized carbons (Fsp3) is 0.929. The van der Waals surface area contributed by atoms with Crippen molar-refractivity contribution in [2.24, 2.45) is 17.8 Å². The number of esters is 1. The van der Waals surface area contributed by atoms with Gasteiger partial charge in [0.15, 0.2) is 0 Å². The Hall–Kier alpha value is 0.160. The molecule has 0 aromatic rings. The third-order valence-corrected chi connectivity index (χ3v) is 5.97. The van der Waals surface area contributed by atoms with E-state index in [9.17, 15) is 9.90 Å². The molecule has 0 aliphatic heterocycles. The van der Waals surface area contributed by atoms with Crippen molar-refractivity contribution in [2.45, 2.75) is 62.1 Å². The predicted octanol–water partition coefficient (Wildman–Crippen LogP) is 2.93. The summed E-state index contributed by atoms with van der Waals surface area (Å²) in [7, 11) is 0. The van der Waals surface area contributed by atoms with Crippen LogP contribution in [-0.2, 0) is 9.53 Å². The lowest BCUT2D eigenvalue weighted by molar-refractivity contribution is -0.151. The van der Waals surface area contributed by atoms with E-state index in [1.54, 1.807) is 0 Å². The van der Waals surface area contributed by atoms with Crippen LogP contribution in [0.4, 0.5) is 0 Å². The molecule has 2 fully saturated rings. The van der Waals surface area contributed by atoms with Crippen LogP contribution in [0.1, 0.15) is 46.5 Å². The Morgan fingerprint density at radius 2 is 2.06 bits per heavy atom. The molecule has 0 amide bonds. The Bertz CT molecular complexity index is 323. The van der Waals surface area contributed by atoms with E-state index in [0.717, 1.165) is 25.7 Å². The van der Waals surface area contributed by atoms with Gasteiger partial charge < -0.3 is 9.84 Å². The van der Waals surface area contributed by atoms with Gasteiger partial charge in [-0.25, -0.2) is 0 Å². The van der Waals surface area contributed by atoms with Crippen LogP contribution in [0.15, 0.2) is 0 Å². The summed E-state index contributed by atoms with van der Waals surface area (Å²) in [6.07, 6.45) is 3.99. The molecule has 0 aromatic carbocycles. The highest BCUT2D eigenvalue weighted by atomic mass is 127. The van der Waals surface area contributed by atoms with Gasteiger partial charge in [0.05, 0.1) is 5.60 Å². The smallest absolute Gasteiger partial charge is 0.319 e. The van der Waals surface area contributed by atoms with E-state index >= 15 is 0 Å². The molecule has 0 radical (unpaired) electrons. The third-order valence-electron chi connectivity index (χ3n) is 4.58. The van der Waals surface area contributed by atoms with Crippen LogP contribution >= 0.6 is 22.6 Å². The van der Waals surface area contributed by atoms with Gasteiger partial charge in [-0.3, -0.25) is 4.79 Å². The van der Waals surface area contributed by atoms with Crippen LogP contribution in [-0.4, -0.2) is 26.7 Å². The molecule has 0 spiro atoms. The van der Waals surface area contributed by atoms with E-state index in [1.807, 2.05) is 20.8 Å². The van der Waals surface area contributed by atoms with Gasteiger partial charge in [0, 0.05) is 0 Å². The SMILES string of the molecule is CCC(I)C(=O)OC1CC2CC1CC2C(C)(C)O. The molecule has 0 aromatic heterocycles. The zero-order valence-corrected chi connectivity index (χ0v) is 13.5. The van der Waals surface area contributed by atoms with Gasteiger partial charge in [-0.05, 0) is 57.3 Å². The van der Waals surface area contributed by atoms with Crippen LogP contribution in [0.5, 0.6) is 0 Å². The summed E-state index contributed by atoms with van der Waals surface area (Å²) in [5.74, 6) is 1.31. The number of carbonyl (C=O) groups excluding carboxylic acids is 1. The minimum Gasteiger partial charge on any atom is -0.461 e. The van der Waals surface area contributed by atoms with Crippen LogP contribution in [0.25, 0.3) is 0 Å². The van der Waals surface area contributed by atoms with E-state index in [0.29, 0.717) is 17.8 Å². The lowest BCUT2D eigenvalue weighted by Gasteiger charge is -2.35. The van der Waals surface area contributed by atoms with Gasteiger partial charge >= 0.3 is 5.97 Å². The Morgan fingerprint density at radius 3 is 2.50 bits per heavy atom. The molecule has 2 saturated carbocycles. The summed E-state index contributed by atoms with van der Waals surface area (Å²) < 4.78 is 5.61. The van der Waals surface area contributed by atoms with Gasteiger partial charge in [0.2, 0.25) is 0 Å². The largest absolute Gasteiger partial charge is 0.461 e. The van der Waals surface area contributed by atoms with Crippen LogP contribution in [0, 0.1) is 17.8 Å². The van der Waals surface area contributed by atoms with Crippen molar-refractivity contribution in [3.8, 4) is 0 Å². The number of halogens is 1. The van der Waals surface area contributed by atoms with E-state index in [-0.39, 0.29) is 16.0 Å². The molecule has 4 heteroatoms. The number of rotatable bonds is 4. The number of fused-ring (bicyclic) bond motifs is 2. The Balaban J connectivity index is 1.90. The lowest BCUT2D eigenvalue weighted by Crippen LogP contribution is -2.38. The molecule has 5 atom stereocenters. The maximum Gasteiger partial charge on any atom is 0.319 e. The molecule has 5 unspecified atom stereocenters. The molecular weight excluding hydrogens is 343 g/mol. The molecule has 0 saturated heterocycles. The van der Waals surface area contributed by atoms with Gasteiger partial charge in [-0.1, -0.05) is 29.5 Å². The van der Waals surface area contributed by atoms with Gasteiger partial charge in [0.1, 0.15) is 10.0 Å². The predicted molar refractivity (Wildman–Crippen MR) is 78.6 cm³/mol. The summed E-state index contributed by atoms with van der Waals surface area (Å²) in [5.41, 5.74) is -0.594. The van der Waals surface area contributed by atoms with Crippen molar-refractivity contribution < 1.29 is 14.6 Å². The molecule has 104 valence electrons. The average Bonchev–Trinajstić information content (AvgIpc) is 2.86. The molecular formula is C14H23IO3. The standard InChI is InChI=1S/C14H23IO3/c1-4-11(15)13(16)18-12-7-8-5-9(12)6-10(8)14(2,3)17/h8-12,17H,4-7H2,1-3H3. The van der Waals surface area contributed by atoms with Crippen molar-refractivity contribution in [1.82, 2.24) is 0 Å².